The van der Waals surface area contributed by atoms with Gasteiger partial charge in [0.2, 0.25) is 0 Å². The van der Waals surface area contributed by atoms with Gasteiger partial charge in [-0.3, -0.25) is 0 Å². The van der Waals surface area contributed by atoms with Gasteiger partial charge < -0.3 is 28.4 Å². The van der Waals surface area contributed by atoms with Gasteiger partial charge in [0.1, 0.15) is 33.5 Å². The number of hydrogen-bond acceptors (Lipinski definition) is 9. The van der Waals surface area contributed by atoms with E-state index in [9.17, 15) is 26.8 Å². The van der Waals surface area contributed by atoms with Crippen molar-refractivity contribution in [2.45, 2.75) is 70.8 Å². The Morgan fingerprint density at radius 2 is 1.65 bits per heavy atom. The van der Waals surface area contributed by atoms with Gasteiger partial charge in [-0.05, 0) is 74.9 Å². The van der Waals surface area contributed by atoms with E-state index >= 15 is 0 Å². The minimum Gasteiger partial charge on any atom is -0.489 e. The Morgan fingerprint density at radius 3 is 2.22 bits per heavy atom. The van der Waals surface area contributed by atoms with E-state index in [-0.39, 0.29) is 46.7 Å². The van der Waals surface area contributed by atoms with E-state index in [2.05, 4.69) is 15.0 Å². The molecule has 1 aliphatic carbocycles. The lowest BCUT2D eigenvalue weighted by molar-refractivity contribution is -0.377. The summed E-state index contributed by atoms with van der Waals surface area (Å²) in [4.78, 5) is 29.6. The fourth-order valence-corrected chi connectivity index (χ4v) is 5.56. The zero-order chi connectivity index (χ0) is 35.9. The molecule has 2 N–H and O–H groups in total. The van der Waals surface area contributed by atoms with E-state index in [1.165, 1.54) is 54.9 Å². The van der Waals surface area contributed by atoms with Crippen LogP contribution in [-0.4, -0.2) is 51.6 Å². The number of hydrogen-bond donors (Lipinski definition) is 1. The molecule has 0 bridgehead atoms. The number of aromatic amines is 1. The minimum atomic E-state index is -3.77. The number of pyridine rings is 1. The number of amides is 1. The van der Waals surface area contributed by atoms with E-state index in [0.717, 1.165) is 19.1 Å². The first-order chi connectivity index (χ1) is 23.0. The molecule has 49 heavy (non-hydrogen) atoms. The standard InChI is InChI=1S/C33H36Cl2F2N2O9S/c1-33(2,3)47-32(41)39-26(13-19-7-10-22(11-8-19)48-49(4,42)43)30(40)45-28(15-23-24(34)16-38-17-25(23)35)21-9-12-27(46-31(36)37)29(14-21)44-18-20-5-6-20/h7-12,14,16-17,20,26,28,31H,5-6,13,15,18H2,1-4H3,(H,39,41)/p+1/t26-,28-/m0/s1. The van der Waals surface area contributed by atoms with Crippen LogP contribution in [0.5, 0.6) is 17.2 Å². The molecule has 1 fully saturated rings. The predicted octanol–water partition coefficient (Wildman–Crippen LogP) is 6.50. The van der Waals surface area contributed by atoms with Crippen LogP contribution in [0, 0.1) is 5.92 Å². The van der Waals surface area contributed by atoms with Crippen LogP contribution < -0.4 is 24.0 Å². The summed E-state index contributed by atoms with van der Waals surface area (Å²) in [5, 5.41) is 3.04. The smallest absolute Gasteiger partial charge is 0.408 e. The molecule has 1 aromatic heterocycles. The van der Waals surface area contributed by atoms with Crippen molar-refractivity contribution in [3.05, 3.63) is 81.6 Å². The van der Waals surface area contributed by atoms with Crippen molar-refractivity contribution < 1.29 is 54.9 Å². The monoisotopic (exact) mass is 745 g/mol. The summed E-state index contributed by atoms with van der Waals surface area (Å²) in [7, 11) is -3.77. The Bertz CT molecular complexity index is 1710. The highest BCUT2D eigenvalue weighted by molar-refractivity contribution is 7.86. The normalized spacial score (nSPS) is 14.5. The zero-order valence-electron chi connectivity index (χ0n) is 27.1. The summed E-state index contributed by atoms with van der Waals surface area (Å²) >= 11 is 12.9. The number of esters is 1. The van der Waals surface area contributed by atoms with Crippen molar-refractivity contribution in [3.63, 3.8) is 0 Å². The number of halogens is 4. The zero-order valence-corrected chi connectivity index (χ0v) is 29.5. The molecule has 11 nitrogen and oxygen atoms in total. The SMILES string of the molecule is CC(C)(C)OC(=O)N[C@@H](Cc1ccc(OS(C)(=O)=O)cc1)C(=O)O[C@@H](Cc1c(Cl)c[nH+]cc1Cl)c1ccc(OC(F)F)c(OCC2CC2)c1. The van der Waals surface area contributed by atoms with Crippen LogP contribution in [0.3, 0.4) is 0 Å². The van der Waals surface area contributed by atoms with Gasteiger partial charge >= 0.3 is 28.8 Å². The topological polar surface area (TPSA) is 141 Å². The summed E-state index contributed by atoms with van der Waals surface area (Å²) in [5.41, 5.74) is 0.400. The first-order valence-electron chi connectivity index (χ1n) is 15.2. The van der Waals surface area contributed by atoms with Gasteiger partial charge in [0.25, 0.3) is 0 Å². The molecule has 2 aromatic carbocycles. The van der Waals surface area contributed by atoms with Crippen molar-refractivity contribution in [1.29, 1.82) is 0 Å². The van der Waals surface area contributed by atoms with E-state index in [4.69, 9.17) is 41.6 Å². The number of nitrogens with one attached hydrogen (secondary N) is 2. The van der Waals surface area contributed by atoms with Crippen LogP contribution >= 0.6 is 23.2 Å². The molecule has 0 spiro atoms. The fraction of sp³-hybridized carbons (Fsp3) is 0.424. The predicted molar refractivity (Wildman–Crippen MR) is 176 cm³/mol. The summed E-state index contributed by atoms with van der Waals surface area (Å²) in [6.45, 7) is 2.16. The molecule has 0 saturated heterocycles. The molecular formula is C33H37Cl2F2N2O9S+. The van der Waals surface area contributed by atoms with E-state index < -0.39 is 46.5 Å². The molecule has 266 valence electrons. The van der Waals surface area contributed by atoms with Crippen molar-refractivity contribution in [2.75, 3.05) is 12.9 Å². The van der Waals surface area contributed by atoms with Crippen molar-refractivity contribution in [3.8, 4) is 17.2 Å². The lowest BCUT2D eigenvalue weighted by Crippen LogP contribution is -2.45. The van der Waals surface area contributed by atoms with Gasteiger partial charge in [0.05, 0.1) is 12.9 Å². The van der Waals surface area contributed by atoms with Crippen LogP contribution in [0.1, 0.15) is 56.4 Å². The quantitative estimate of drug-likeness (QED) is 0.136. The van der Waals surface area contributed by atoms with Crippen molar-refractivity contribution in [1.82, 2.24) is 5.32 Å². The maximum absolute atomic E-state index is 13.9. The van der Waals surface area contributed by atoms with E-state index in [1.54, 1.807) is 20.8 Å². The Kier molecular flexibility index (Phi) is 12.6. The van der Waals surface area contributed by atoms with E-state index in [1.807, 2.05) is 0 Å². The maximum atomic E-state index is 13.9. The Labute approximate surface area is 293 Å². The minimum absolute atomic E-state index is 0.0316. The molecule has 4 rings (SSSR count). The third-order valence-electron chi connectivity index (χ3n) is 6.96. The van der Waals surface area contributed by atoms with Crippen LogP contribution in [0.25, 0.3) is 0 Å². The van der Waals surface area contributed by atoms with Gasteiger partial charge in [0.15, 0.2) is 23.9 Å². The largest absolute Gasteiger partial charge is 0.489 e. The molecule has 16 heteroatoms. The molecule has 3 aromatic rings. The van der Waals surface area contributed by atoms with Gasteiger partial charge in [-0.15, -0.1) is 0 Å². The number of alkyl halides is 2. The van der Waals surface area contributed by atoms with Crippen molar-refractivity contribution in [2.24, 2.45) is 5.92 Å². The van der Waals surface area contributed by atoms with Gasteiger partial charge in [0, 0.05) is 18.4 Å². The second-order valence-corrected chi connectivity index (χ2v) is 14.8. The van der Waals surface area contributed by atoms with Crippen LogP contribution in [-0.2, 0) is 37.2 Å². The number of aromatic nitrogens is 1. The molecule has 1 saturated carbocycles. The van der Waals surface area contributed by atoms with Gasteiger partial charge in [-0.1, -0.05) is 41.4 Å². The molecular weight excluding hydrogens is 709 g/mol. The third kappa shape index (κ3) is 12.5. The number of ether oxygens (including phenoxy) is 4. The summed E-state index contributed by atoms with van der Waals surface area (Å²) < 4.78 is 76.3. The van der Waals surface area contributed by atoms with Gasteiger partial charge in [-0.2, -0.15) is 17.2 Å². The Hall–Kier alpha value is -3.88. The lowest BCUT2D eigenvalue weighted by Gasteiger charge is -2.26. The molecule has 0 aliphatic heterocycles. The molecule has 1 aliphatic rings. The highest BCUT2D eigenvalue weighted by Crippen LogP contribution is 2.38. The second kappa shape index (κ2) is 16.2. The fourth-order valence-electron chi connectivity index (χ4n) is 4.56. The van der Waals surface area contributed by atoms with Crippen LogP contribution in [0.15, 0.2) is 54.9 Å². The molecule has 0 radical (unpaired) electrons. The number of rotatable bonds is 15. The summed E-state index contributed by atoms with van der Waals surface area (Å²) in [5.74, 6) is -0.692. The molecule has 2 atom stereocenters. The Balaban J connectivity index is 1.68. The third-order valence-corrected chi connectivity index (χ3v) is 8.13. The second-order valence-electron chi connectivity index (χ2n) is 12.4. The molecule has 1 amide bonds. The first kappa shape index (κ1) is 37.9. The van der Waals surface area contributed by atoms with Gasteiger partial charge in [-0.25, -0.2) is 14.6 Å². The van der Waals surface area contributed by atoms with Crippen molar-refractivity contribution >= 4 is 45.4 Å². The number of alkyl carbamates (subject to hydrolysis) is 1. The highest BCUT2D eigenvalue weighted by Gasteiger charge is 2.31. The first-order valence-corrected chi connectivity index (χ1v) is 17.8. The number of H-pyrrole nitrogens is 1. The maximum Gasteiger partial charge on any atom is 0.408 e. The summed E-state index contributed by atoms with van der Waals surface area (Å²) in [6.07, 6.45) is 3.65. The number of benzene rings is 2. The lowest BCUT2D eigenvalue weighted by atomic mass is 10.0. The summed E-state index contributed by atoms with van der Waals surface area (Å²) in [6, 6.07) is 8.75. The molecule has 0 unspecified atom stereocenters. The van der Waals surface area contributed by atoms with Crippen LogP contribution in [0.4, 0.5) is 13.6 Å². The Morgan fingerprint density at radius 1 is 1.00 bits per heavy atom. The van der Waals surface area contributed by atoms with Crippen LogP contribution in [0.2, 0.25) is 10.0 Å². The average molecular weight is 747 g/mol. The average Bonchev–Trinajstić information content (AvgIpc) is 3.81. The number of carbonyl (C=O) groups is 2. The molecule has 1 heterocycles. The number of carbonyl (C=O) groups excluding carboxylic acids is 2. The highest BCUT2D eigenvalue weighted by atomic mass is 35.5. The van der Waals surface area contributed by atoms with E-state index in [0.29, 0.717) is 22.6 Å².